The lowest BCUT2D eigenvalue weighted by Crippen LogP contribution is -1.86. The summed E-state index contributed by atoms with van der Waals surface area (Å²) in [5.41, 5.74) is 2.49. The molecule has 0 aliphatic rings. The average Bonchev–Trinajstić information content (AvgIpc) is 1.89. The van der Waals surface area contributed by atoms with Crippen LogP contribution in [0.5, 0.6) is 0 Å². The Morgan fingerprint density at radius 3 is 1.78 bits per heavy atom. The zero-order valence-corrected chi connectivity index (χ0v) is 6.10. The van der Waals surface area contributed by atoms with Gasteiger partial charge in [-0.15, -0.1) is 0 Å². The zero-order chi connectivity index (χ0) is 6.95. The first-order valence-corrected chi connectivity index (χ1v) is 3.02. The summed E-state index contributed by atoms with van der Waals surface area (Å²) in [5.74, 6) is 0. The molecule has 0 saturated heterocycles. The highest BCUT2D eigenvalue weighted by molar-refractivity contribution is 6.25. The topological polar surface area (TPSA) is 18.5 Å². The van der Waals surface area contributed by atoms with Crippen LogP contribution in [0, 0.1) is 0 Å². The molecule has 0 radical (unpaired) electrons. The van der Waals surface area contributed by atoms with Gasteiger partial charge in [-0.05, 0) is 0 Å². The molecule has 0 unspecified atom stereocenters. The van der Waals surface area contributed by atoms with E-state index in [9.17, 15) is 0 Å². The number of hydrogen-bond donors (Lipinski definition) is 0. The second-order valence-electron chi connectivity index (χ2n) is 0.975. The van der Waals surface area contributed by atoms with Crippen molar-refractivity contribution >= 4 is 23.2 Å². The second kappa shape index (κ2) is 7.66. The van der Waals surface area contributed by atoms with E-state index in [1.165, 1.54) is 23.6 Å². The first-order chi connectivity index (χ1) is 4.41. The molecule has 0 aromatic rings. The lowest BCUT2D eigenvalue weighted by atomic mass is 11.1. The Morgan fingerprint density at radius 1 is 1.00 bits per heavy atom. The Morgan fingerprint density at radius 2 is 1.44 bits per heavy atom. The molecule has 0 aliphatic heterocycles. The van der Waals surface area contributed by atoms with E-state index < -0.39 is 0 Å². The number of ether oxygens (including phenoxy) is 2. The fourth-order valence-electron chi connectivity index (χ4n) is 0.191. The van der Waals surface area contributed by atoms with Crippen LogP contribution in [-0.4, -0.2) is 6.79 Å². The molecule has 9 heavy (non-hydrogen) atoms. The molecule has 52 valence electrons. The highest BCUT2D eigenvalue weighted by atomic mass is 35.5. The van der Waals surface area contributed by atoms with E-state index in [4.69, 9.17) is 23.2 Å². The van der Waals surface area contributed by atoms with Gasteiger partial charge in [-0.2, -0.15) is 0 Å². The fourth-order valence-corrected chi connectivity index (χ4v) is 0.336. The van der Waals surface area contributed by atoms with Crippen molar-refractivity contribution in [2.75, 3.05) is 6.79 Å². The molecule has 4 heteroatoms. The SMILES string of the molecule is ClC=COCOC=CCl. The predicted molar refractivity (Wildman–Crippen MR) is 37.0 cm³/mol. The molecular weight excluding hydrogens is 163 g/mol. The van der Waals surface area contributed by atoms with Gasteiger partial charge >= 0.3 is 0 Å². The molecule has 0 aliphatic carbocycles. The molecule has 2 nitrogen and oxygen atoms in total. The van der Waals surface area contributed by atoms with Crippen molar-refractivity contribution in [3.63, 3.8) is 0 Å². The second-order valence-corrected chi connectivity index (χ2v) is 1.48. The summed E-state index contributed by atoms with van der Waals surface area (Å²) in [5, 5.41) is 0. The van der Waals surface area contributed by atoms with Crippen LogP contribution in [0.4, 0.5) is 0 Å². The Labute approximate surface area is 63.7 Å². The Hall–Kier alpha value is -0.340. The fraction of sp³-hybridized carbons (Fsp3) is 0.200. The molecule has 0 amide bonds. The monoisotopic (exact) mass is 168 g/mol. The lowest BCUT2D eigenvalue weighted by molar-refractivity contribution is 0.0457. The summed E-state index contributed by atoms with van der Waals surface area (Å²) >= 11 is 10.2. The number of hydrogen-bond acceptors (Lipinski definition) is 2. The maximum Gasteiger partial charge on any atom is 0.229 e. The van der Waals surface area contributed by atoms with Crippen molar-refractivity contribution in [2.45, 2.75) is 0 Å². The number of halogens is 2. The molecule has 0 aromatic carbocycles. The van der Waals surface area contributed by atoms with Gasteiger partial charge in [0.15, 0.2) is 0 Å². The highest BCUT2D eigenvalue weighted by Crippen LogP contribution is 1.85. The molecule has 0 spiro atoms. The van der Waals surface area contributed by atoms with Crippen molar-refractivity contribution in [1.29, 1.82) is 0 Å². The third-order valence-corrected chi connectivity index (χ3v) is 0.637. The van der Waals surface area contributed by atoms with E-state index in [2.05, 4.69) is 9.47 Å². The minimum Gasteiger partial charge on any atom is -0.464 e. The van der Waals surface area contributed by atoms with Gasteiger partial charge in [-0.1, -0.05) is 23.2 Å². The van der Waals surface area contributed by atoms with Gasteiger partial charge in [0.1, 0.15) is 0 Å². The first-order valence-electron chi connectivity index (χ1n) is 2.15. The van der Waals surface area contributed by atoms with E-state index in [1.54, 1.807) is 0 Å². The van der Waals surface area contributed by atoms with Crippen LogP contribution in [0.25, 0.3) is 0 Å². The summed E-state index contributed by atoms with van der Waals surface area (Å²) in [6.45, 7) is 0.118. The van der Waals surface area contributed by atoms with Crippen LogP contribution in [0.15, 0.2) is 23.6 Å². The molecule has 0 atom stereocenters. The van der Waals surface area contributed by atoms with E-state index in [0.717, 1.165) is 0 Å². The molecule has 0 fully saturated rings. The average molecular weight is 169 g/mol. The molecule has 0 bridgehead atoms. The largest absolute Gasteiger partial charge is 0.464 e. The van der Waals surface area contributed by atoms with Crippen LogP contribution in [0.2, 0.25) is 0 Å². The first kappa shape index (κ1) is 8.66. The third kappa shape index (κ3) is 7.66. The Bertz CT molecular complexity index is 89.1. The molecule has 0 heterocycles. The summed E-state index contributed by atoms with van der Waals surface area (Å²) in [6.07, 6.45) is 2.62. The van der Waals surface area contributed by atoms with Gasteiger partial charge in [0, 0.05) is 11.1 Å². The maximum absolute atomic E-state index is 5.11. The van der Waals surface area contributed by atoms with Crippen molar-refractivity contribution in [3.05, 3.63) is 23.6 Å². The smallest absolute Gasteiger partial charge is 0.229 e. The molecule has 0 N–H and O–H groups in total. The van der Waals surface area contributed by atoms with Gasteiger partial charge in [-0.25, -0.2) is 0 Å². The van der Waals surface area contributed by atoms with Crippen LogP contribution in [0.1, 0.15) is 0 Å². The molecular formula is C5H6Cl2O2. The van der Waals surface area contributed by atoms with E-state index in [0.29, 0.717) is 0 Å². The van der Waals surface area contributed by atoms with Crippen molar-refractivity contribution < 1.29 is 9.47 Å². The van der Waals surface area contributed by atoms with E-state index in [-0.39, 0.29) is 6.79 Å². The van der Waals surface area contributed by atoms with E-state index >= 15 is 0 Å². The van der Waals surface area contributed by atoms with Gasteiger partial charge in [0.25, 0.3) is 0 Å². The third-order valence-electron chi connectivity index (χ3n) is 0.431. The summed E-state index contributed by atoms with van der Waals surface area (Å²) in [6, 6.07) is 0. The van der Waals surface area contributed by atoms with Gasteiger partial charge in [0.2, 0.25) is 6.79 Å². The summed E-state index contributed by atoms with van der Waals surface area (Å²) in [4.78, 5) is 0. The minimum atomic E-state index is 0.118. The number of rotatable bonds is 4. The predicted octanol–water partition coefficient (Wildman–Crippen LogP) is 2.40. The van der Waals surface area contributed by atoms with Gasteiger partial charge < -0.3 is 9.47 Å². The zero-order valence-electron chi connectivity index (χ0n) is 4.59. The van der Waals surface area contributed by atoms with Crippen LogP contribution >= 0.6 is 23.2 Å². The standard InChI is InChI=1S/C5H6Cl2O2/c6-1-3-8-5-9-4-2-7/h1-4H,5H2. The van der Waals surface area contributed by atoms with Gasteiger partial charge in [-0.3, -0.25) is 0 Å². The molecule has 0 saturated carbocycles. The van der Waals surface area contributed by atoms with Crippen LogP contribution < -0.4 is 0 Å². The summed E-state index contributed by atoms with van der Waals surface area (Å²) in [7, 11) is 0. The molecule has 0 rings (SSSR count). The lowest BCUT2D eigenvalue weighted by Gasteiger charge is -1.96. The van der Waals surface area contributed by atoms with Crippen molar-refractivity contribution in [1.82, 2.24) is 0 Å². The summed E-state index contributed by atoms with van der Waals surface area (Å²) < 4.78 is 9.28. The minimum absolute atomic E-state index is 0.118. The molecule has 0 aromatic heterocycles. The quantitative estimate of drug-likeness (QED) is 0.365. The van der Waals surface area contributed by atoms with Crippen LogP contribution in [0.3, 0.4) is 0 Å². The van der Waals surface area contributed by atoms with Gasteiger partial charge in [0.05, 0.1) is 12.5 Å². The van der Waals surface area contributed by atoms with Crippen LogP contribution in [-0.2, 0) is 9.47 Å². The maximum atomic E-state index is 5.11. The van der Waals surface area contributed by atoms with E-state index in [1.807, 2.05) is 0 Å². The normalized spacial score (nSPS) is 10.9. The van der Waals surface area contributed by atoms with Crippen molar-refractivity contribution in [3.8, 4) is 0 Å². The van der Waals surface area contributed by atoms with Crippen molar-refractivity contribution in [2.24, 2.45) is 0 Å². The Balaban J connectivity index is 2.91. The Kier molecular flexibility index (Phi) is 7.37. The highest BCUT2D eigenvalue weighted by Gasteiger charge is 1.73.